The van der Waals surface area contributed by atoms with E-state index in [1.54, 1.807) is 17.6 Å². The summed E-state index contributed by atoms with van der Waals surface area (Å²) in [6, 6.07) is 11.1. The molecule has 0 spiro atoms. The number of hydrogen-bond donors (Lipinski definition) is 2. The number of hydroxylamine groups is 1. The highest BCUT2D eigenvalue weighted by Crippen LogP contribution is 2.22. The predicted octanol–water partition coefficient (Wildman–Crippen LogP) is 3.18. The molecule has 0 radical (unpaired) electrons. The molecule has 1 saturated heterocycles. The van der Waals surface area contributed by atoms with Crippen molar-refractivity contribution in [2.45, 2.75) is 39.0 Å². The second kappa shape index (κ2) is 8.77. The summed E-state index contributed by atoms with van der Waals surface area (Å²) < 4.78 is 27.5. The molecule has 5 nitrogen and oxygen atoms in total. The molecule has 2 aromatic carbocycles. The molecule has 1 amide bonds. The number of piperazine rings is 1. The van der Waals surface area contributed by atoms with E-state index in [-0.39, 0.29) is 17.9 Å². The van der Waals surface area contributed by atoms with Crippen molar-refractivity contribution in [3.63, 3.8) is 0 Å². The standard InChI is InChI=1S/C21H25F2N3O2/c1-14-10-25(12-16-3-5-17(6-4-16)21(27)24-28)11-15(2)26(14)13-18-9-19(22)7-8-20(18)23/h3-9,14-15,28H,10-13H2,1-2H3,(H,24,27)/t14-,15+. The summed E-state index contributed by atoms with van der Waals surface area (Å²) in [7, 11) is 0. The minimum Gasteiger partial charge on any atom is -0.296 e. The molecule has 1 heterocycles. The van der Waals surface area contributed by atoms with Crippen LogP contribution in [-0.4, -0.2) is 46.1 Å². The summed E-state index contributed by atoms with van der Waals surface area (Å²) in [5, 5.41) is 8.68. The highest BCUT2D eigenvalue weighted by atomic mass is 19.1. The molecule has 2 atom stereocenters. The van der Waals surface area contributed by atoms with Gasteiger partial charge in [-0.1, -0.05) is 12.1 Å². The maximum absolute atomic E-state index is 14.0. The van der Waals surface area contributed by atoms with Crippen molar-refractivity contribution >= 4 is 5.91 Å². The Bertz CT molecular complexity index is 817. The molecule has 1 aliphatic heterocycles. The molecule has 0 saturated carbocycles. The topological polar surface area (TPSA) is 55.8 Å². The lowest BCUT2D eigenvalue weighted by Gasteiger charge is -2.44. The average molecular weight is 389 g/mol. The first-order valence-electron chi connectivity index (χ1n) is 9.32. The summed E-state index contributed by atoms with van der Waals surface area (Å²) in [5.74, 6) is -1.34. The molecule has 1 aliphatic rings. The third-order valence-electron chi connectivity index (χ3n) is 5.26. The summed E-state index contributed by atoms with van der Waals surface area (Å²) in [5.41, 5.74) is 3.47. The van der Waals surface area contributed by atoms with Gasteiger partial charge >= 0.3 is 0 Å². The Morgan fingerprint density at radius 1 is 1.07 bits per heavy atom. The summed E-state index contributed by atoms with van der Waals surface area (Å²) >= 11 is 0. The van der Waals surface area contributed by atoms with Crippen LogP contribution in [0.3, 0.4) is 0 Å². The van der Waals surface area contributed by atoms with E-state index in [0.29, 0.717) is 17.7 Å². The Morgan fingerprint density at radius 3 is 2.32 bits per heavy atom. The quantitative estimate of drug-likeness (QED) is 0.609. The minimum atomic E-state index is -0.535. The number of halogens is 2. The zero-order valence-electron chi connectivity index (χ0n) is 16.0. The smallest absolute Gasteiger partial charge is 0.274 e. The Morgan fingerprint density at radius 2 is 1.71 bits per heavy atom. The number of hydrogen-bond acceptors (Lipinski definition) is 4. The molecule has 0 aromatic heterocycles. The number of nitrogens with one attached hydrogen (secondary N) is 1. The summed E-state index contributed by atoms with van der Waals surface area (Å²) in [6.07, 6.45) is 0. The van der Waals surface area contributed by atoms with E-state index < -0.39 is 11.7 Å². The molecule has 0 unspecified atom stereocenters. The van der Waals surface area contributed by atoms with Crippen LogP contribution in [0.1, 0.15) is 35.3 Å². The van der Waals surface area contributed by atoms with Gasteiger partial charge in [0.05, 0.1) is 0 Å². The van der Waals surface area contributed by atoms with Crippen molar-refractivity contribution in [1.82, 2.24) is 15.3 Å². The first kappa shape index (κ1) is 20.4. The fraction of sp³-hybridized carbons (Fsp3) is 0.381. The molecule has 2 aromatic rings. The highest BCUT2D eigenvalue weighted by Gasteiger charge is 2.30. The fourth-order valence-corrected chi connectivity index (χ4v) is 3.85. The second-order valence-corrected chi connectivity index (χ2v) is 7.44. The van der Waals surface area contributed by atoms with E-state index in [4.69, 9.17) is 5.21 Å². The highest BCUT2D eigenvalue weighted by molar-refractivity contribution is 5.93. The first-order valence-corrected chi connectivity index (χ1v) is 9.32. The molecule has 1 fully saturated rings. The van der Waals surface area contributed by atoms with E-state index >= 15 is 0 Å². The molecule has 28 heavy (non-hydrogen) atoms. The van der Waals surface area contributed by atoms with Gasteiger partial charge in [0.15, 0.2) is 0 Å². The molecular weight excluding hydrogens is 364 g/mol. The number of carbonyl (C=O) groups excluding carboxylic acids is 1. The number of amides is 1. The fourth-order valence-electron chi connectivity index (χ4n) is 3.85. The monoisotopic (exact) mass is 389 g/mol. The maximum Gasteiger partial charge on any atom is 0.274 e. The molecule has 3 rings (SSSR count). The second-order valence-electron chi connectivity index (χ2n) is 7.44. The molecule has 7 heteroatoms. The number of rotatable bonds is 5. The van der Waals surface area contributed by atoms with Gasteiger partial charge in [0.1, 0.15) is 11.6 Å². The molecule has 0 bridgehead atoms. The molecule has 150 valence electrons. The Hall–Kier alpha value is -2.35. The van der Waals surface area contributed by atoms with Gasteiger partial charge in [-0.25, -0.2) is 14.3 Å². The van der Waals surface area contributed by atoms with Crippen molar-refractivity contribution in [3.8, 4) is 0 Å². The zero-order chi connectivity index (χ0) is 20.3. The molecule has 0 aliphatic carbocycles. The number of benzene rings is 2. The Kier molecular flexibility index (Phi) is 6.39. The van der Waals surface area contributed by atoms with Crippen molar-refractivity contribution in [2.24, 2.45) is 0 Å². The SMILES string of the molecule is C[C@@H]1CN(Cc2ccc(C(=O)NO)cc2)C[C@H](C)N1Cc1cc(F)ccc1F. The maximum atomic E-state index is 14.0. The van der Waals surface area contributed by atoms with Crippen LogP contribution in [0.15, 0.2) is 42.5 Å². The minimum absolute atomic E-state index is 0.186. The van der Waals surface area contributed by atoms with E-state index in [1.165, 1.54) is 12.1 Å². The Labute approximate surface area is 163 Å². The normalized spacial score (nSPS) is 20.9. The van der Waals surface area contributed by atoms with E-state index in [1.807, 2.05) is 12.1 Å². The van der Waals surface area contributed by atoms with Crippen LogP contribution < -0.4 is 5.48 Å². The van der Waals surface area contributed by atoms with Gasteiger partial charge < -0.3 is 0 Å². The first-order chi connectivity index (χ1) is 13.4. The lowest BCUT2D eigenvalue weighted by atomic mass is 10.0. The summed E-state index contributed by atoms with van der Waals surface area (Å²) in [6.45, 7) is 6.91. The van der Waals surface area contributed by atoms with Crippen LogP contribution >= 0.6 is 0 Å². The lowest BCUT2D eigenvalue weighted by molar-refractivity contribution is 0.0283. The summed E-state index contributed by atoms with van der Waals surface area (Å²) in [4.78, 5) is 15.9. The van der Waals surface area contributed by atoms with E-state index in [9.17, 15) is 13.6 Å². The van der Waals surface area contributed by atoms with E-state index in [0.717, 1.165) is 31.3 Å². The van der Waals surface area contributed by atoms with Gasteiger partial charge in [0.25, 0.3) is 5.91 Å². The van der Waals surface area contributed by atoms with Crippen molar-refractivity contribution < 1.29 is 18.8 Å². The van der Waals surface area contributed by atoms with Crippen LogP contribution in [0.25, 0.3) is 0 Å². The van der Waals surface area contributed by atoms with Gasteiger partial charge in [-0.2, -0.15) is 0 Å². The van der Waals surface area contributed by atoms with Gasteiger partial charge in [-0.15, -0.1) is 0 Å². The van der Waals surface area contributed by atoms with E-state index in [2.05, 4.69) is 23.6 Å². The van der Waals surface area contributed by atoms with Crippen LogP contribution in [0.4, 0.5) is 8.78 Å². The van der Waals surface area contributed by atoms with Crippen molar-refractivity contribution in [2.75, 3.05) is 13.1 Å². The van der Waals surface area contributed by atoms with Gasteiger partial charge in [-0.05, 0) is 49.7 Å². The van der Waals surface area contributed by atoms with Crippen LogP contribution in [0.5, 0.6) is 0 Å². The number of nitrogens with zero attached hydrogens (tertiary/aromatic N) is 2. The van der Waals surface area contributed by atoms with Gasteiger partial charge in [-0.3, -0.25) is 19.8 Å². The number of carbonyl (C=O) groups is 1. The van der Waals surface area contributed by atoms with Crippen LogP contribution in [0.2, 0.25) is 0 Å². The average Bonchev–Trinajstić information content (AvgIpc) is 2.67. The van der Waals surface area contributed by atoms with Gasteiger partial charge in [0, 0.05) is 49.4 Å². The van der Waals surface area contributed by atoms with Crippen LogP contribution in [-0.2, 0) is 13.1 Å². The van der Waals surface area contributed by atoms with Gasteiger partial charge in [0.2, 0.25) is 0 Å². The molecular formula is C21H25F2N3O2. The predicted molar refractivity (Wildman–Crippen MR) is 102 cm³/mol. The largest absolute Gasteiger partial charge is 0.296 e. The van der Waals surface area contributed by atoms with Crippen LogP contribution in [0, 0.1) is 11.6 Å². The van der Waals surface area contributed by atoms with Crippen molar-refractivity contribution in [3.05, 3.63) is 70.8 Å². The van der Waals surface area contributed by atoms with Crippen molar-refractivity contribution in [1.29, 1.82) is 0 Å². The molecule has 2 N–H and O–H groups in total. The third-order valence-corrected chi connectivity index (χ3v) is 5.26. The zero-order valence-corrected chi connectivity index (χ0v) is 16.0. The lowest BCUT2D eigenvalue weighted by Crippen LogP contribution is -2.55. The Balaban J connectivity index is 1.63. The third kappa shape index (κ3) is 4.73.